The van der Waals surface area contributed by atoms with Gasteiger partial charge in [0.15, 0.2) is 0 Å². The fourth-order valence-corrected chi connectivity index (χ4v) is 1.93. The number of para-hydroxylation sites is 1. The van der Waals surface area contributed by atoms with Gasteiger partial charge in [0.25, 0.3) is 11.8 Å². The van der Waals surface area contributed by atoms with Crippen LogP contribution < -0.4 is 10.7 Å². The Morgan fingerprint density at radius 3 is 2.57 bits per heavy atom. The molecule has 2 aromatic carbocycles. The topological polar surface area (TPSA) is 90.8 Å². The number of hydrazone groups is 1. The van der Waals surface area contributed by atoms with Gasteiger partial charge in [-0.2, -0.15) is 5.10 Å². The second-order valence-corrected chi connectivity index (χ2v) is 4.92. The molecule has 6 nitrogen and oxygen atoms in total. The monoisotopic (exact) mass is 331 g/mol. The van der Waals surface area contributed by atoms with Crippen molar-refractivity contribution >= 4 is 29.6 Å². The van der Waals surface area contributed by atoms with Crippen molar-refractivity contribution in [2.24, 2.45) is 5.10 Å². The van der Waals surface area contributed by atoms with Crippen LogP contribution >= 0.6 is 11.6 Å². The number of halogens is 1. The van der Waals surface area contributed by atoms with E-state index < -0.39 is 11.8 Å². The summed E-state index contributed by atoms with van der Waals surface area (Å²) in [5.41, 5.74) is 3.01. The van der Waals surface area contributed by atoms with Crippen molar-refractivity contribution in [2.75, 3.05) is 6.54 Å². The van der Waals surface area contributed by atoms with Crippen molar-refractivity contribution in [3.63, 3.8) is 0 Å². The standard InChI is InChI=1S/C16H14ClN3O3/c17-13-7-3-2-6-12(13)16(23)18-10-15(22)20-19-9-11-5-1-4-8-14(11)21/h1-9,21H,10H2,(H,18,23)(H,20,22). The van der Waals surface area contributed by atoms with Gasteiger partial charge in [-0.3, -0.25) is 9.59 Å². The molecule has 0 atom stereocenters. The first-order chi connectivity index (χ1) is 11.1. The molecule has 23 heavy (non-hydrogen) atoms. The minimum Gasteiger partial charge on any atom is -0.507 e. The predicted molar refractivity (Wildman–Crippen MR) is 87.6 cm³/mol. The third-order valence-electron chi connectivity index (χ3n) is 2.86. The predicted octanol–water partition coefficient (Wildman–Crippen LogP) is 1.93. The van der Waals surface area contributed by atoms with Crippen molar-refractivity contribution in [3.8, 4) is 5.75 Å². The highest BCUT2D eigenvalue weighted by atomic mass is 35.5. The van der Waals surface area contributed by atoms with Crippen LogP contribution in [0.5, 0.6) is 5.75 Å². The lowest BCUT2D eigenvalue weighted by molar-refractivity contribution is -0.120. The molecule has 0 spiro atoms. The Morgan fingerprint density at radius 2 is 1.83 bits per heavy atom. The minimum absolute atomic E-state index is 0.0533. The van der Waals surface area contributed by atoms with Crippen LogP contribution in [0, 0.1) is 0 Å². The Labute approximate surface area is 137 Å². The van der Waals surface area contributed by atoms with Crippen LogP contribution in [0.2, 0.25) is 5.02 Å². The Hall–Kier alpha value is -2.86. The lowest BCUT2D eigenvalue weighted by atomic mass is 10.2. The molecule has 0 aromatic heterocycles. The van der Waals surface area contributed by atoms with Crippen molar-refractivity contribution in [1.29, 1.82) is 0 Å². The van der Waals surface area contributed by atoms with Crippen LogP contribution in [0.1, 0.15) is 15.9 Å². The number of hydrogen-bond donors (Lipinski definition) is 3. The van der Waals surface area contributed by atoms with Crippen LogP contribution in [-0.2, 0) is 4.79 Å². The fraction of sp³-hybridized carbons (Fsp3) is 0.0625. The molecule has 3 N–H and O–H groups in total. The van der Waals surface area contributed by atoms with Gasteiger partial charge in [0, 0.05) is 5.56 Å². The number of phenolic OH excluding ortho intramolecular Hbond substituents is 1. The summed E-state index contributed by atoms with van der Waals surface area (Å²) >= 11 is 5.89. The quantitative estimate of drug-likeness (QED) is 0.577. The third-order valence-corrected chi connectivity index (χ3v) is 3.19. The molecule has 2 aromatic rings. The maximum atomic E-state index is 11.9. The molecule has 7 heteroatoms. The summed E-state index contributed by atoms with van der Waals surface area (Å²) in [7, 11) is 0. The molecular weight excluding hydrogens is 318 g/mol. The second kappa shape index (κ2) is 7.95. The van der Waals surface area contributed by atoms with Gasteiger partial charge in [0.2, 0.25) is 0 Å². The van der Waals surface area contributed by atoms with E-state index in [4.69, 9.17) is 11.6 Å². The van der Waals surface area contributed by atoms with Crippen LogP contribution in [0.3, 0.4) is 0 Å². The zero-order valence-corrected chi connectivity index (χ0v) is 12.7. The van der Waals surface area contributed by atoms with Gasteiger partial charge in [-0.1, -0.05) is 35.9 Å². The lowest BCUT2D eigenvalue weighted by Gasteiger charge is -2.05. The van der Waals surface area contributed by atoms with E-state index in [1.54, 1.807) is 42.5 Å². The Bertz CT molecular complexity index is 747. The number of aromatic hydroxyl groups is 1. The number of rotatable bonds is 5. The summed E-state index contributed by atoms with van der Waals surface area (Å²) in [6.07, 6.45) is 1.31. The summed E-state index contributed by atoms with van der Waals surface area (Å²) in [6, 6.07) is 13.1. The van der Waals surface area contributed by atoms with Crippen molar-refractivity contribution in [1.82, 2.24) is 10.7 Å². The lowest BCUT2D eigenvalue weighted by Crippen LogP contribution is -2.35. The van der Waals surface area contributed by atoms with E-state index in [1.165, 1.54) is 12.3 Å². The number of carbonyl (C=O) groups excluding carboxylic acids is 2. The summed E-state index contributed by atoms with van der Waals surface area (Å²) in [6.45, 7) is -0.248. The van der Waals surface area contributed by atoms with E-state index >= 15 is 0 Å². The molecule has 0 saturated carbocycles. The average Bonchev–Trinajstić information content (AvgIpc) is 2.55. The number of nitrogens with zero attached hydrogens (tertiary/aromatic N) is 1. The molecular formula is C16H14ClN3O3. The van der Waals surface area contributed by atoms with Crippen molar-refractivity contribution in [2.45, 2.75) is 0 Å². The molecule has 0 unspecified atom stereocenters. The van der Waals surface area contributed by atoms with Crippen molar-refractivity contribution < 1.29 is 14.7 Å². The first-order valence-electron chi connectivity index (χ1n) is 6.70. The summed E-state index contributed by atoms with van der Waals surface area (Å²) in [4.78, 5) is 23.5. The normalized spacial score (nSPS) is 10.5. The molecule has 0 fully saturated rings. The zero-order chi connectivity index (χ0) is 16.7. The molecule has 0 saturated heterocycles. The van der Waals surface area contributed by atoms with Crippen LogP contribution in [0.4, 0.5) is 0 Å². The number of amides is 2. The van der Waals surface area contributed by atoms with E-state index in [1.807, 2.05) is 0 Å². The number of nitrogens with one attached hydrogen (secondary N) is 2. The number of carbonyl (C=O) groups is 2. The van der Waals surface area contributed by atoms with Gasteiger partial charge in [-0.05, 0) is 24.3 Å². The van der Waals surface area contributed by atoms with Gasteiger partial charge in [-0.15, -0.1) is 0 Å². The van der Waals surface area contributed by atoms with E-state index in [9.17, 15) is 14.7 Å². The molecule has 0 aliphatic rings. The summed E-state index contributed by atoms with van der Waals surface area (Å²) in [5.74, 6) is -0.898. The largest absolute Gasteiger partial charge is 0.507 e. The number of phenols is 1. The van der Waals surface area contributed by atoms with Crippen molar-refractivity contribution in [3.05, 3.63) is 64.7 Å². The smallest absolute Gasteiger partial charge is 0.259 e. The molecule has 0 aliphatic heterocycles. The number of benzene rings is 2. The SMILES string of the molecule is O=C(CNC(=O)c1ccccc1Cl)NN=Cc1ccccc1O. The highest BCUT2D eigenvalue weighted by molar-refractivity contribution is 6.33. The van der Waals surface area contributed by atoms with E-state index in [0.29, 0.717) is 16.1 Å². The van der Waals surface area contributed by atoms with Gasteiger partial charge < -0.3 is 10.4 Å². The van der Waals surface area contributed by atoms with Gasteiger partial charge in [0.05, 0.1) is 23.3 Å². The zero-order valence-electron chi connectivity index (χ0n) is 12.0. The summed E-state index contributed by atoms with van der Waals surface area (Å²) < 4.78 is 0. The first-order valence-corrected chi connectivity index (χ1v) is 7.08. The third kappa shape index (κ3) is 4.82. The molecule has 0 heterocycles. The average molecular weight is 332 g/mol. The Morgan fingerprint density at radius 1 is 1.13 bits per heavy atom. The molecule has 2 amide bonds. The Kier molecular flexibility index (Phi) is 5.71. The molecule has 0 aliphatic carbocycles. The molecule has 118 valence electrons. The van der Waals surface area contributed by atoms with Gasteiger partial charge in [0.1, 0.15) is 5.75 Å². The van der Waals surface area contributed by atoms with Crippen LogP contribution in [-0.4, -0.2) is 29.7 Å². The van der Waals surface area contributed by atoms with E-state index in [-0.39, 0.29) is 12.3 Å². The second-order valence-electron chi connectivity index (χ2n) is 4.51. The minimum atomic E-state index is -0.503. The van der Waals surface area contributed by atoms with E-state index in [2.05, 4.69) is 15.8 Å². The van der Waals surface area contributed by atoms with Gasteiger partial charge in [-0.25, -0.2) is 5.43 Å². The maximum Gasteiger partial charge on any atom is 0.259 e. The molecule has 0 bridgehead atoms. The van der Waals surface area contributed by atoms with Crippen LogP contribution in [0.25, 0.3) is 0 Å². The van der Waals surface area contributed by atoms with Crippen LogP contribution in [0.15, 0.2) is 53.6 Å². The highest BCUT2D eigenvalue weighted by Crippen LogP contribution is 2.14. The Balaban J connectivity index is 1.83. The number of hydrogen-bond acceptors (Lipinski definition) is 4. The fourth-order valence-electron chi connectivity index (χ4n) is 1.71. The summed E-state index contributed by atoms with van der Waals surface area (Å²) in [5, 5.41) is 16.0. The first kappa shape index (κ1) is 16.5. The molecule has 2 rings (SSSR count). The van der Waals surface area contributed by atoms with Gasteiger partial charge >= 0.3 is 0 Å². The molecule has 0 radical (unpaired) electrons. The van der Waals surface area contributed by atoms with E-state index in [0.717, 1.165) is 0 Å². The maximum absolute atomic E-state index is 11.9. The highest BCUT2D eigenvalue weighted by Gasteiger charge is 2.10.